The zero-order valence-electron chi connectivity index (χ0n) is 10.5. The van der Waals surface area contributed by atoms with Crippen LogP contribution in [0, 0.1) is 12.7 Å². The number of hydrogen-bond acceptors (Lipinski definition) is 3. The van der Waals surface area contributed by atoms with Crippen LogP contribution >= 0.6 is 11.6 Å². The van der Waals surface area contributed by atoms with Crippen molar-refractivity contribution in [1.29, 1.82) is 0 Å². The molecule has 0 saturated carbocycles. The largest absolute Gasteiger partial charge is 0.397 e. The predicted molar refractivity (Wildman–Crippen MR) is 77.8 cm³/mol. The lowest BCUT2D eigenvalue weighted by molar-refractivity contribution is 0.594. The van der Waals surface area contributed by atoms with Crippen molar-refractivity contribution in [3.05, 3.63) is 52.8 Å². The molecule has 0 aromatic heterocycles. The Morgan fingerprint density at radius 1 is 1.20 bits per heavy atom. The first-order chi connectivity index (χ1) is 9.29. The molecule has 7 heteroatoms. The summed E-state index contributed by atoms with van der Waals surface area (Å²) in [6, 6.07) is 7.93. The van der Waals surface area contributed by atoms with Crippen molar-refractivity contribution < 1.29 is 12.8 Å². The van der Waals surface area contributed by atoms with Gasteiger partial charge in [-0.25, -0.2) is 12.8 Å². The number of sulfonamides is 1. The van der Waals surface area contributed by atoms with Crippen LogP contribution in [-0.2, 0) is 10.0 Å². The molecule has 2 rings (SSSR count). The maximum Gasteiger partial charge on any atom is 0.262 e. The monoisotopic (exact) mass is 314 g/mol. The van der Waals surface area contributed by atoms with Crippen LogP contribution in [0.5, 0.6) is 0 Å². The number of rotatable bonds is 3. The Morgan fingerprint density at radius 2 is 1.90 bits per heavy atom. The maximum absolute atomic E-state index is 13.2. The summed E-state index contributed by atoms with van der Waals surface area (Å²) in [6.07, 6.45) is 0. The molecule has 0 unspecified atom stereocenters. The van der Waals surface area contributed by atoms with Crippen LogP contribution in [0.15, 0.2) is 41.3 Å². The summed E-state index contributed by atoms with van der Waals surface area (Å²) in [6.45, 7) is 1.59. The SMILES string of the molecule is Cc1ccc(F)cc1S(=O)(=O)Nc1ccc(Cl)c(N)c1. The van der Waals surface area contributed by atoms with Gasteiger partial charge in [-0.2, -0.15) is 0 Å². The van der Waals surface area contributed by atoms with E-state index in [1.807, 2.05) is 0 Å². The highest BCUT2D eigenvalue weighted by Crippen LogP contribution is 2.25. The summed E-state index contributed by atoms with van der Waals surface area (Å²) < 4.78 is 40.0. The van der Waals surface area contributed by atoms with Crippen LogP contribution in [0.25, 0.3) is 0 Å². The molecule has 0 bridgehead atoms. The molecular formula is C13H12ClFN2O2S. The fourth-order valence-corrected chi connectivity index (χ4v) is 3.11. The Bertz CT molecular complexity index is 763. The van der Waals surface area contributed by atoms with Gasteiger partial charge in [0.05, 0.1) is 21.3 Å². The van der Waals surface area contributed by atoms with E-state index in [9.17, 15) is 12.8 Å². The Hall–Kier alpha value is -1.79. The normalized spacial score (nSPS) is 11.3. The van der Waals surface area contributed by atoms with Crippen LogP contribution in [0.4, 0.5) is 15.8 Å². The summed E-state index contributed by atoms with van der Waals surface area (Å²) in [5, 5.41) is 0.329. The minimum Gasteiger partial charge on any atom is -0.397 e. The van der Waals surface area contributed by atoms with E-state index in [2.05, 4.69) is 4.72 Å². The molecule has 106 valence electrons. The van der Waals surface area contributed by atoms with E-state index in [-0.39, 0.29) is 16.3 Å². The van der Waals surface area contributed by atoms with Gasteiger partial charge in [0.25, 0.3) is 10.0 Å². The number of hydrogen-bond donors (Lipinski definition) is 2. The Labute approximate surface area is 121 Å². The molecule has 0 spiro atoms. The molecule has 0 aliphatic rings. The van der Waals surface area contributed by atoms with E-state index in [4.69, 9.17) is 17.3 Å². The molecule has 20 heavy (non-hydrogen) atoms. The molecule has 2 aromatic carbocycles. The molecule has 0 aliphatic heterocycles. The molecule has 0 radical (unpaired) electrons. The van der Waals surface area contributed by atoms with Gasteiger partial charge >= 0.3 is 0 Å². The summed E-state index contributed by atoms with van der Waals surface area (Å²) >= 11 is 5.76. The van der Waals surface area contributed by atoms with Crippen molar-refractivity contribution in [2.45, 2.75) is 11.8 Å². The lowest BCUT2D eigenvalue weighted by Gasteiger charge is -2.11. The van der Waals surface area contributed by atoms with Crippen LogP contribution in [0.1, 0.15) is 5.56 Å². The van der Waals surface area contributed by atoms with Gasteiger partial charge in [-0.1, -0.05) is 17.7 Å². The van der Waals surface area contributed by atoms with Gasteiger partial charge in [0.2, 0.25) is 0 Å². The molecule has 3 N–H and O–H groups in total. The van der Waals surface area contributed by atoms with E-state index < -0.39 is 15.8 Å². The van der Waals surface area contributed by atoms with E-state index in [0.717, 1.165) is 6.07 Å². The minimum atomic E-state index is -3.88. The maximum atomic E-state index is 13.2. The highest BCUT2D eigenvalue weighted by molar-refractivity contribution is 7.92. The quantitative estimate of drug-likeness (QED) is 0.855. The molecule has 4 nitrogen and oxygen atoms in total. The van der Waals surface area contributed by atoms with Crippen molar-refractivity contribution in [2.75, 3.05) is 10.5 Å². The lowest BCUT2D eigenvalue weighted by Crippen LogP contribution is -2.14. The molecule has 0 fully saturated rings. The topological polar surface area (TPSA) is 72.2 Å². The van der Waals surface area contributed by atoms with Gasteiger partial charge in [0.15, 0.2) is 0 Å². The molecule has 0 saturated heterocycles. The van der Waals surface area contributed by atoms with Crippen molar-refractivity contribution in [1.82, 2.24) is 0 Å². The molecular weight excluding hydrogens is 303 g/mol. The molecule has 0 amide bonds. The molecule has 0 aliphatic carbocycles. The number of anilines is 2. The summed E-state index contributed by atoms with van der Waals surface area (Å²) in [4.78, 5) is -0.119. The van der Waals surface area contributed by atoms with Gasteiger partial charge in [0.1, 0.15) is 5.82 Å². The van der Waals surface area contributed by atoms with E-state index in [0.29, 0.717) is 10.6 Å². The van der Waals surface area contributed by atoms with Crippen molar-refractivity contribution >= 4 is 33.0 Å². The van der Waals surface area contributed by atoms with Gasteiger partial charge in [0, 0.05) is 0 Å². The second-order valence-corrected chi connectivity index (χ2v) is 6.31. The van der Waals surface area contributed by atoms with Crippen LogP contribution < -0.4 is 10.5 Å². The summed E-state index contributed by atoms with van der Waals surface area (Å²) in [7, 11) is -3.88. The van der Waals surface area contributed by atoms with Crippen molar-refractivity contribution in [3.8, 4) is 0 Å². The van der Waals surface area contributed by atoms with E-state index >= 15 is 0 Å². The highest BCUT2D eigenvalue weighted by atomic mass is 35.5. The molecule has 0 atom stereocenters. The Morgan fingerprint density at radius 3 is 2.55 bits per heavy atom. The Balaban J connectivity index is 2.40. The third-order valence-corrected chi connectivity index (χ3v) is 4.56. The second-order valence-electron chi connectivity index (χ2n) is 4.25. The van der Waals surface area contributed by atoms with Gasteiger partial charge in [-0.05, 0) is 42.8 Å². The number of nitrogen functional groups attached to an aromatic ring is 1. The fraction of sp³-hybridized carbons (Fsp3) is 0.0769. The average Bonchev–Trinajstić information content (AvgIpc) is 2.36. The lowest BCUT2D eigenvalue weighted by atomic mass is 10.2. The second kappa shape index (κ2) is 5.30. The van der Waals surface area contributed by atoms with Crippen molar-refractivity contribution in [3.63, 3.8) is 0 Å². The minimum absolute atomic E-state index is 0.119. The third kappa shape index (κ3) is 3.02. The number of nitrogens with two attached hydrogens (primary N) is 1. The summed E-state index contributed by atoms with van der Waals surface area (Å²) in [5.41, 5.74) is 6.56. The van der Waals surface area contributed by atoms with E-state index in [1.165, 1.54) is 30.3 Å². The van der Waals surface area contributed by atoms with Crippen LogP contribution in [0.2, 0.25) is 5.02 Å². The number of nitrogens with one attached hydrogen (secondary N) is 1. The number of aryl methyl sites for hydroxylation is 1. The van der Waals surface area contributed by atoms with Crippen molar-refractivity contribution in [2.24, 2.45) is 0 Å². The van der Waals surface area contributed by atoms with Gasteiger partial charge in [-0.3, -0.25) is 4.72 Å². The van der Waals surface area contributed by atoms with Gasteiger partial charge in [-0.15, -0.1) is 0 Å². The predicted octanol–water partition coefficient (Wildman–Crippen LogP) is 3.17. The average molecular weight is 315 g/mol. The fourth-order valence-electron chi connectivity index (χ4n) is 1.68. The zero-order valence-corrected chi connectivity index (χ0v) is 12.1. The molecule has 2 aromatic rings. The third-order valence-electron chi connectivity index (χ3n) is 2.69. The smallest absolute Gasteiger partial charge is 0.262 e. The number of benzene rings is 2. The first kappa shape index (κ1) is 14.6. The van der Waals surface area contributed by atoms with Crippen LogP contribution in [-0.4, -0.2) is 8.42 Å². The highest BCUT2D eigenvalue weighted by Gasteiger charge is 2.18. The van der Waals surface area contributed by atoms with E-state index in [1.54, 1.807) is 6.92 Å². The first-order valence-electron chi connectivity index (χ1n) is 5.63. The summed E-state index contributed by atoms with van der Waals surface area (Å²) in [5.74, 6) is -0.619. The Kier molecular flexibility index (Phi) is 3.87. The zero-order chi connectivity index (χ0) is 14.9. The van der Waals surface area contributed by atoms with Crippen LogP contribution in [0.3, 0.4) is 0 Å². The van der Waals surface area contributed by atoms with Gasteiger partial charge < -0.3 is 5.73 Å². The molecule has 0 heterocycles. The number of halogens is 2. The first-order valence-corrected chi connectivity index (χ1v) is 7.50. The standard InChI is InChI=1S/C13H12ClFN2O2S/c1-8-2-3-9(15)6-13(8)20(18,19)17-10-4-5-11(14)12(16)7-10/h2-7,17H,16H2,1H3.